The number of anilines is 2. The van der Waals surface area contributed by atoms with E-state index >= 15 is 0 Å². The molecular formula is C22H20N2O5. The summed E-state index contributed by atoms with van der Waals surface area (Å²) in [7, 11) is 4.25. The third kappa shape index (κ3) is 3.04. The van der Waals surface area contributed by atoms with Gasteiger partial charge in [-0.3, -0.25) is 0 Å². The molecule has 0 N–H and O–H groups in total. The zero-order valence-corrected chi connectivity index (χ0v) is 16.4. The minimum atomic E-state index is -0.471. The van der Waals surface area contributed by atoms with Crippen molar-refractivity contribution in [2.75, 3.05) is 32.8 Å². The van der Waals surface area contributed by atoms with E-state index in [2.05, 4.69) is 0 Å². The molecule has 29 heavy (non-hydrogen) atoms. The van der Waals surface area contributed by atoms with Gasteiger partial charge in [-0.15, -0.1) is 0 Å². The van der Waals surface area contributed by atoms with Gasteiger partial charge in [0.2, 0.25) is 0 Å². The lowest BCUT2D eigenvalue weighted by molar-refractivity contribution is 0.0592. The molecule has 1 aliphatic heterocycles. The average molecular weight is 392 g/mol. The van der Waals surface area contributed by atoms with Crippen LogP contribution in [-0.2, 0) is 15.9 Å². The third-order valence-corrected chi connectivity index (χ3v) is 5.10. The van der Waals surface area contributed by atoms with Crippen LogP contribution in [0.25, 0.3) is 10.9 Å². The number of aromatic nitrogens is 1. The van der Waals surface area contributed by atoms with Gasteiger partial charge in [0.1, 0.15) is 11.6 Å². The number of benzene rings is 2. The highest BCUT2D eigenvalue weighted by atomic mass is 16.5. The molecule has 7 nitrogen and oxygen atoms in total. The van der Waals surface area contributed by atoms with Gasteiger partial charge in [-0.2, -0.15) is 0 Å². The molecule has 0 fully saturated rings. The first-order chi connectivity index (χ1) is 14.1. The lowest BCUT2D eigenvalue weighted by Crippen LogP contribution is -2.18. The molecule has 0 amide bonds. The summed E-state index contributed by atoms with van der Waals surface area (Å²) in [6, 6.07) is 12.7. The first-order valence-electron chi connectivity index (χ1n) is 9.12. The molecule has 0 spiro atoms. The molecule has 148 valence electrons. The zero-order valence-electron chi connectivity index (χ0n) is 16.4. The molecule has 0 saturated heterocycles. The SMILES string of the molecule is COC(=O)c1cc(OC)ccc1N1CCc2c1nc1ccccc1c2C(=O)OC. The van der Waals surface area contributed by atoms with Crippen LogP contribution < -0.4 is 9.64 Å². The summed E-state index contributed by atoms with van der Waals surface area (Å²) in [5.41, 5.74) is 3.03. The second kappa shape index (κ2) is 7.43. The van der Waals surface area contributed by atoms with Crippen LogP contribution in [0, 0.1) is 0 Å². The molecule has 1 aliphatic rings. The Bertz CT molecular complexity index is 1130. The van der Waals surface area contributed by atoms with E-state index in [1.807, 2.05) is 29.2 Å². The lowest BCUT2D eigenvalue weighted by atomic mass is 10.0. The Kier molecular flexibility index (Phi) is 4.80. The molecule has 0 radical (unpaired) electrons. The van der Waals surface area contributed by atoms with Crippen LogP contribution in [0.5, 0.6) is 5.75 Å². The molecule has 0 atom stereocenters. The summed E-state index contributed by atoms with van der Waals surface area (Å²) < 4.78 is 15.3. The monoisotopic (exact) mass is 392 g/mol. The summed E-state index contributed by atoms with van der Waals surface area (Å²) >= 11 is 0. The number of ether oxygens (including phenoxy) is 3. The van der Waals surface area contributed by atoms with Crippen LogP contribution in [0.2, 0.25) is 0 Å². The van der Waals surface area contributed by atoms with Crippen molar-refractivity contribution in [3.8, 4) is 5.75 Å². The molecule has 2 heterocycles. The third-order valence-electron chi connectivity index (χ3n) is 5.10. The highest BCUT2D eigenvalue weighted by Gasteiger charge is 2.31. The van der Waals surface area contributed by atoms with Gasteiger partial charge in [0.05, 0.1) is 43.7 Å². The first-order valence-corrected chi connectivity index (χ1v) is 9.12. The van der Waals surface area contributed by atoms with Gasteiger partial charge >= 0.3 is 11.9 Å². The predicted molar refractivity (Wildman–Crippen MR) is 108 cm³/mol. The van der Waals surface area contributed by atoms with Crippen LogP contribution in [0.4, 0.5) is 11.5 Å². The molecule has 7 heteroatoms. The average Bonchev–Trinajstić information content (AvgIpc) is 3.19. The number of para-hydroxylation sites is 1. The van der Waals surface area contributed by atoms with Gasteiger partial charge in [0.15, 0.2) is 0 Å². The fourth-order valence-corrected chi connectivity index (χ4v) is 3.75. The standard InChI is InChI=1S/C22H20N2O5/c1-27-13-8-9-18(16(12-13)21(25)28-2)24-11-10-15-19(22(26)29-3)14-6-4-5-7-17(14)23-20(15)24/h4-9,12H,10-11H2,1-3H3. The summed E-state index contributed by atoms with van der Waals surface area (Å²) in [6.45, 7) is 0.568. The maximum atomic E-state index is 12.6. The molecular weight excluding hydrogens is 372 g/mol. The Morgan fingerprint density at radius 1 is 1.00 bits per heavy atom. The van der Waals surface area contributed by atoms with Gasteiger partial charge in [-0.25, -0.2) is 14.6 Å². The number of methoxy groups -OCH3 is 3. The maximum absolute atomic E-state index is 12.6. The van der Waals surface area contributed by atoms with Crippen molar-refractivity contribution in [2.45, 2.75) is 6.42 Å². The summed E-state index contributed by atoms with van der Waals surface area (Å²) in [4.78, 5) is 31.7. The summed E-state index contributed by atoms with van der Waals surface area (Å²) in [5.74, 6) is 0.320. The van der Waals surface area contributed by atoms with E-state index in [4.69, 9.17) is 19.2 Å². The van der Waals surface area contributed by atoms with Crippen LogP contribution in [0.3, 0.4) is 0 Å². The second-order valence-electron chi connectivity index (χ2n) is 6.57. The minimum Gasteiger partial charge on any atom is -0.497 e. The van der Waals surface area contributed by atoms with Crippen molar-refractivity contribution in [2.24, 2.45) is 0 Å². The van der Waals surface area contributed by atoms with Crippen LogP contribution >= 0.6 is 0 Å². The van der Waals surface area contributed by atoms with Gasteiger partial charge in [-0.05, 0) is 30.7 Å². The second-order valence-corrected chi connectivity index (χ2v) is 6.57. The summed E-state index contributed by atoms with van der Waals surface area (Å²) in [5, 5.41) is 0.753. The smallest absolute Gasteiger partial charge is 0.340 e. The topological polar surface area (TPSA) is 78.0 Å². The highest BCUT2D eigenvalue weighted by molar-refractivity contribution is 6.07. The fourth-order valence-electron chi connectivity index (χ4n) is 3.75. The van der Waals surface area contributed by atoms with Gasteiger partial charge in [0, 0.05) is 17.5 Å². The van der Waals surface area contributed by atoms with E-state index in [0.29, 0.717) is 46.9 Å². The molecule has 0 aliphatic carbocycles. The summed E-state index contributed by atoms with van der Waals surface area (Å²) in [6.07, 6.45) is 0.601. The van der Waals surface area contributed by atoms with Crippen LogP contribution in [-0.4, -0.2) is 44.8 Å². The molecule has 4 rings (SSSR count). The van der Waals surface area contributed by atoms with E-state index in [-0.39, 0.29) is 0 Å². The van der Waals surface area contributed by atoms with Crippen LogP contribution in [0.1, 0.15) is 26.3 Å². The number of esters is 2. The van der Waals surface area contributed by atoms with Crippen molar-refractivity contribution in [1.82, 2.24) is 4.98 Å². The van der Waals surface area contributed by atoms with E-state index < -0.39 is 11.9 Å². The Labute approximate surface area is 167 Å². The Hall–Kier alpha value is -3.61. The quantitative estimate of drug-likeness (QED) is 0.629. The van der Waals surface area contributed by atoms with Crippen molar-refractivity contribution in [3.05, 3.63) is 59.2 Å². The lowest BCUT2D eigenvalue weighted by Gasteiger charge is -2.22. The number of hydrogen-bond acceptors (Lipinski definition) is 7. The van der Waals surface area contributed by atoms with E-state index in [9.17, 15) is 9.59 Å². The first kappa shape index (κ1) is 18.7. The Morgan fingerprint density at radius 2 is 1.76 bits per heavy atom. The predicted octanol–water partition coefficient (Wildman–Crippen LogP) is 3.51. The molecule has 3 aromatic rings. The van der Waals surface area contributed by atoms with E-state index in [1.165, 1.54) is 21.3 Å². The van der Waals surface area contributed by atoms with Gasteiger partial charge in [-0.1, -0.05) is 18.2 Å². The van der Waals surface area contributed by atoms with Crippen molar-refractivity contribution in [1.29, 1.82) is 0 Å². The van der Waals surface area contributed by atoms with Gasteiger partial charge in [0.25, 0.3) is 0 Å². The van der Waals surface area contributed by atoms with Gasteiger partial charge < -0.3 is 19.1 Å². The van der Waals surface area contributed by atoms with Crippen molar-refractivity contribution in [3.63, 3.8) is 0 Å². The molecule has 0 unspecified atom stereocenters. The number of hydrogen-bond donors (Lipinski definition) is 0. The maximum Gasteiger partial charge on any atom is 0.340 e. The number of nitrogens with zero attached hydrogens (tertiary/aromatic N) is 2. The largest absolute Gasteiger partial charge is 0.497 e. The number of rotatable bonds is 4. The number of carbonyl (C=O) groups is 2. The van der Waals surface area contributed by atoms with Crippen molar-refractivity contribution < 1.29 is 23.8 Å². The number of fused-ring (bicyclic) bond motifs is 2. The number of pyridine rings is 1. The Morgan fingerprint density at radius 3 is 2.48 bits per heavy atom. The highest BCUT2D eigenvalue weighted by Crippen LogP contribution is 2.40. The zero-order chi connectivity index (χ0) is 20.5. The van der Waals surface area contributed by atoms with E-state index in [1.54, 1.807) is 18.2 Å². The normalized spacial score (nSPS) is 12.6. The molecule has 1 aromatic heterocycles. The van der Waals surface area contributed by atoms with E-state index in [0.717, 1.165) is 10.9 Å². The molecule has 0 saturated carbocycles. The minimum absolute atomic E-state index is 0.370. The number of carbonyl (C=O) groups excluding carboxylic acids is 2. The fraction of sp³-hybridized carbons (Fsp3) is 0.227. The van der Waals surface area contributed by atoms with Crippen molar-refractivity contribution >= 4 is 34.3 Å². The molecule has 2 aromatic carbocycles. The Balaban J connectivity index is 1.94. The van der Waals surface area contributed by atoms with Crippen LogP contribution in [0.15, 0.2) is 42.5 Å². The molecule has 0 bridgehead atoms.